The van der Waals surface area contributed by atoms with Crippen LogP contribution in [0.25, 0.3) is 11.1 Å². The minimum Gasteiger partial charge on any atom is -0.508 e. The van der Waals surface area contributed by atoms with Gasteiger partial charge in [0.05, 0.1) is 0 Å². The van der Waals surface area contributed by atoms with E-state index in [-0.39, 0.29) is 17.2 Å². The summed E-state index contributed by atoms with van der Waals surface area (Å²) in [5.41, 5.74) is 4.09. The van der Waals surface area contributed by atoms with E-state index >= 15 is 0 Å². The summed E-state index contributed by atoms with van der Waals surface area (Å²) in [6, 6.07) is 11.7. The van der Waals surface area contributed by atoms with Crippen LogP contribution in [0, 0.1) is 4.91 Å². The Bertz CT molecular complexity index is 703. The van der Waals surface area contributed by atoms with Crippen molar-refractivity contribution >= 4 is 16.8 Å². The quantitative estimate of drug-likeness (QED) is 0.586. The van der Waals surface area contributed by atoms with Crippen LogP contribution in [0.15, 0.2) is 47.6 Å². The van der Waals surface area contributed by atoms with Gasteiger partial charge in [-0.3, -0.25) is 0 Å². The molecular weight excluding hydrogens is 278 g/mol. The van der Waals surface area contributed by atoms with Gasteiger partial charge in [0.1, 0.15) is 17.2 Å². The SMILES string of the molecule is CCC(=C(CC)c1ccc(O)cc1N=O)c1ccc(O)cc1. The molecule has 0 spiro atoms. The van der Waals surface area contributed by atoms with Crippen LogP contribution in [0.1, 0.15) is 37.8 Å². The van der Waals surface area contributed by atoms with E-state index in [1.165, 1.54) is 6.07 Å². The molecule has 4 heteroatoms. The molecule has 4 nitrogen and oxygen atoms in total. The Hall–Kier alpha value is -2.62. The van der Waals surface area contributed by atoms with Gasteiger partial charge in [-0.05, 0) is 59.0 Å². The van der Waals surface area contributed by atoms with Crippen molar-refractivity contribution in [2.24, 2.45) is 5.18 Å². The molecule has 0 aromatic heterocycles. The minimum atomic E-state index is 0.0245. The number of hydrogen-bond acceptors (Lipinski definition) is 4. The number of benzene rings is 2. The average Bonchev–Trinajstić information content (AvgIpc) is 2.54. The molecular formula is C18H19NO3. The highest BCUT2D eigenvalue weighted by molar-refractivity contribution is 5.93. The first kappa shape index (κ1) is 15.8. The van der Waals surface area contributed by atoms with Gasteiger partial charge in [0.15, 0.2) is 0 Å². The Morgan fingerprint density at radius 1 is 0.909 bits per heavy atom. The fourth-order valence-electron chi connectivity index (χ4n) is 2.67. The maximum Gasteiger partial charge on any atom is 0.119 e. The van der Waals surface area contributed by atoms with Crippen LogP contribution < -0.4 is 0 Å². The molecule has 0 radical (unpaired) electrons. The molecule has 114 valence electrons. The molecule has 0 atom stereocenters. The highest BCUT2D eigenvalue weighted by atomic mass is 16.3. The molecule has 2 rings (SSSR count). The summed E-state index contributed by atoms with van der Waals surface area (Å²) >= 11 is 0. The lowest BCUT2D eigenvalue weighted by atomic mass is 9.90. The summed E-state index contributed by atoms with van der Waals surface area (Å²) in [5.74, 6) is 0.244. The summed E-state index contributed by atoms with van der Waals surface area (Å²) < 4.78 is 0. The van der Waals surface area contributed by atoms with Crippen LogP contribution in [-0.2, 0) is 0 Å². The molecule has 0 amide bonds. The normalized spacial score (nSPS) is 11.9. The maximum absolute atomic E-state index is 11.1. The van der Waals surface area contributed by atoms with E-state index in [1.807, 2.05) is 26.0 Å². The highest BCUT2D eigenvalue weighted by Crippen LogP contribution is 2.37. The van der Waals surface area contributed by atoms with Crippen molar-refractivity contribution in [3.8, 4) is 11.5 Å². The van der Waals surface area contributed by atoms with Gasteiger partial charge < -0.3 is 10.2 Å². The molecule has 0 unspecified atom stereocenters. The minimum absolute atomic E-state index is 0.0245. The Morgan fingerprint density at radius 2 is 1.50 bits per heavy atom. The van der Waals surface area contributed by atoms with E-state index in [9.17, 15) is 15.1 Å². The molecule has 0 saturated heterocycles. The molecule has 2 aromatic carbocycles. The summed E-state index contributed by atoms with van der Waals surface area (Å²) in [7, 11) is 0. The fourth-order valence-corrected chi connectivity index (χ4v) is 2.67. The predicted octanol–water partition coefficient (Wildman–Crippen LogP) is 5.23. The van der Waals surface area contributed by atoms with Crippen LogP contribution in [0.3, 0.4) is 0 Å². The van der Waals surface area contributed by atoms with Gasteiger partial charge in [0, 0.05) is 11.6 Å². The first-order chi connectivity index (χ1) is 10.6. The second-order valence-electron chi connectivity index (χ2n) is 5.00. The van der Waals surface area contributed by atoms with E-state index in [1.54, 1.807) is 24.3 Å². The van der Waals surface area contributed by atoms with Crippen molar-refractivity contribution in [2.45, 2.75) is 26.7 Å². The average molecular weight is 297 g/mol. The van der Waals surface area contributed by atoms with Gasteiger partial charge in [-0.1, -0.05) is 26.0 Å². The highest BCUT2D eigenvalue weighted by Gasteiger charge is 2.14. The Morgan fingerprint density at radius 3 is 2.05 bits per heavy atom. The maximum atomic E-state index is 11.1. The second-order valence-corrected chi connectivity index (χ2v) is 5.00. The number of hydrogen-bond donors (Lipinski definition) is 2. The number of allylic oxidation sites excluding steroid dienone is 2. The monoisotopic (exact) mass is 297 g/mol. The molecule has 2 aromatic rings. The fraction of sp³-hybridized carbons (Fsp3) is 0.222. The standard InChI is InChI=1S/C18H19NO3/c1-3-15(12-5-7-13(20)8-6-12)16(4-2)17-10-9-14(21)11-18(17)19-22/h5-11,20-21H,3-4H2,1-2H3. The summed E-state index contributed by atoms with van der Waals surface area (Å²) in [6.07, 6.45) is 1.52. The lowest BCUT2D eigenvalue weighted by molar-refractivity contribution is 0.475. The zero-order valence-corrected chi connectivity index (χ0v) is 12.7. The third kappa shape index (κ3) is 3.17. The molecule has 2 N–H and O–H groups in total. The molecule has 0 aliphatic rings. The Balaban J connectivity index is 2.65. The lowest BCUT2D eigenvalue weighted by Gasteiger charge is -2.15. The number of aromatic hydroxyl groups is 2. The first-order valence-corrected chi connectivity index (χ1v) is 7.28. The van der Waals surface area contributed by atoms with Gasteiger partial charge in [-0.2, -0.15) is 0 Å². The summed E-state index contributed by atoms with van der Waals surface area (Å²) in [4.78, 5) is 11.1. The van der Waals surface area contributed by atoms with Crippen LogP contribution in [0.2, 0.25) is 0 Å². The van der Waals surface area contributed by atoms with E-state index in [2.05, 4.69) is 5.18 Å². The number of nitroso groups, excluding NO2 is 1. The summed E-state index contributed by atoms with van der Waals surface area (Å²) in [6.45, 7) is 4.07. The van der Waals surface area contributed by atoms with E-state index in [0.29, 0.717) is 0 Å². The van der Waals surface area contributed by atoms with E-state index in [4.69, 9.17) is 0 Å². The number of phenols is 2. The van der Waals surface area contributed by atoms with Gasteiger partial charge in [0.25, 0.3) is 0 Å². The van der Waals surface area contributed by atoms with E-state index < -0.39 is 0 Å². The Kier molecular flexibility index (Phi) is 4.94. The number of nitrogens with zero attached hydrogens (tertiary/aromatic N) is 1. The van der Waals surface area contributed by atoms with Gasteiger partial charge in [-0.15, -0.1) is 4.91 Å². The smallest absolute Gasteiger partial charge is 0.119 e. The third-order valence-corrected chi connectivity index (χ3v) is 3.69. The zero-order chi connectivity index (χ0) is 16.1. The molecule has 0 aliphatic heterocycles. The van der Waals surface area contributed by atoms with Crippen molar-refractivity contribution in [2.75, 3.05) is 0 Å². The molecule has 0 fully saturated rings. The van der Waals surface area contributed by atoms with Gasteiger partial charge in [0.2, 0.25) is 0 Å². The van der Waals surface area contributed by atoms with Crippen molar-refractivity contribution in [1.82, 2.24) is 0 Å². The van der Waals surface area contributed by atoms with Crippen LogP contribution >= 0.6 is 0 Å². The van der Waals surface area contributed by atoms with Crippen molar-refractivity contribution < 1.29 is 10.2 Å². The lowest BCUT2D eigenvalue weighted by Crippen LogP contribution is -1.92. The molecule has 0 bridgehead atoms. The predicted molar refractivity (Wildman–Crippen MR) is 89.1 cm³/mol. The topological polar surface area (TPSA) is 69.9 Å². The van der Waals surface area contributed by atoms with E-state index in [0.717, 1.165) is 35.1 Å². The van der Waals surface area contributed by atoms with Crippen molar-refractivity contribution in [3.63, 3.8) is 0 Å². The second kappa shape index (κ2) is 6.89. The molecule has 0 heterocycles. The van der Waals surface area contributed by atoms with Gasteiger partial charge in [-0.25, -0.2) is 0 Å². The largest absolute Gasteiger partial charge is 0.508 e. The number of phenolic OH excluding ortho intramolecular Hbond substituents is 2. The van der Waals surface area contributed by atoms with Crippen molar-refractivity contribution in [3.05, 3.63) is 58.5 Å². The Labute approximate surface area is 129 Å². The first-order valence-electron chi connectivity index (χ1n) is 7.28. The van der Waals surface area contributed by atoms with Crippen molar-refractivity contribution in [1.29, 1.82) is 0 Å². The third-order valence-electron chi connectivity index (χ3n) is 3.69. The number of rotatable bonds is 5. The zero-order valence-electron chi connectivity index (χ0n) is 12.7. The molecule has 22 heavy (non-hydrogen) atoms. The molecule has 0 saturated carbocycles. The van der Waals surface area contributed by atoms with Crippen LogP contribution in [0.4, 0.5) is 5.69 Å². The molecule has 0 aliphatic carbocycles. The summed E-state index contributed by atoms with van der Waals surface area (Å²) in [5, 5.41) is 22.0. The van der Waals surface area contributed by atoms with Crippen LogP contribution in [-0.4, -0.2) is 10.2 Å². The van der Waals surface area contributed by atoms with Gasteiger partial charge >= 0.3 is 0 Å². The van der Waals surface area contributed by atoms with Crippen LogP contribution in [0.5, 0.6) is 11.5 Å².